The van der Waals surface area contributed by atoms with Crippen molar-refractivity contribution in [2.75, 3.05) is 5.32 Å². The molecule has 0 radical (unpaired) electrons. The SMILES string of the molecule is CC(C)S(=O)(=O)c1ccc(-c2nnc(NC(=O)C=Cc3ccc([N+](=O)[O-])cc3)o2)cc1. The second-order valence-corrected chi connectivity index (χ2v) is 9.21. The number of hydrogen-bond donors (Lipinski definition) is 1. The van der Waals surface area contributed by atoms with Crippen molar-refractivity contribution in [3.8, 4) is 11.5 Å². The molecule has 0 atom stereocenters. The minimum atomic E-state index is -3.39. The normalized spacial score (nSPS) is 11.7. The van der Waals surface area contributed by atoms with Gasteiger partial charge in [-0.25, -0.2) is 8.42 Å². The van der Waals surface area contributed by atoms with E-state index in [9.17, 15) is 23.3 Å². The number of hydrogen-bond acceptors (Lipinski definition) is 8. The molecule has 0 unspecified atom stereocenters. The van der Waals surface area contributed by atoms with Gasteiger partial charge in [-0.2, -0.15) is 0 Å². The summed E-state index contributed by atoms with van der Waals surface area (Å²) in [4.78, 5) is 22.4. The summed E-state index contributed by atoms with van der Waals surface area (Å²) in [6.07, 6.45) is 2.70. The number of benzene rings is 2. The Morgan fingerprint density at radius 2 is 1.74 bits per heavy atom. The van der Waals surface area contributed by atoms with Crippen LogP contribution in [0.3, 0.4) is 0 Å². The molecular weight excluding hydrogens is 424 g/mol. The van der Waals surface area contributed by atoms with Crippen molar-refractivity contribution in [2.24, 2.45) is 0 Å². The van der Waals surface area contributed by atoms with Crippen LogP contribution in [0.2, 0.25) is 0 Å². The van der Waals surface area contributed by atoms with E-state index in [0.29, 0.717) is 11.1 Å². The van der Waals surface area contributed by atoms with Crippen LogP contribution in [0.15, 0.2) is 63.9 Å². The summed E-state index contributed by atoms with van der Waals surface area (Å²) in [6.45, 7) is 3.21. The van der Waals surface area contributed by atoms with E-state index >= 15 is 0 Å². The Morgan fingerprint density at radius 1 is 1.10 bits per heavy atom. The molecule has 0 spiro atoms. The zero-order valence-corrected chi connectivity index (χ0v) is 17.4. The Morgan fingerprint density at radius 3 is 2.32 bits per heavy atom. The van der Waals surface area contributed by atoms with Crippen molar-refractivity contribution in [1.82, 2.24) is 10.2 Å². The summed E-state index contributed by atoms with van der Waals surface area (Å²) in [5, 5.41) is 20.1. The van der Waals surface area contributed by atoms with Crippen LogP contribution in [-0.4, -0.2) is 34.7 Å². The first-order valence-corrected chi connectivity index (χ1v) is 10.6. The molecule has 1 aromatic heterocycles. The van der Waals surface area contributed by atoms with Crippen molar-refractivity contribution in [2.45, 2.75) is 24.0 Å². The fraction of sp³-hybridized carbons (Fsp3) is 0.150. The number of anilines is 1. The highest BCUT2D eigenvalue weighted by Crippen LogP contribution is 2.23. The first kappa shape index (κ1) is 21.8. The van der Waals surface area contributed by atoms with Crippen LogP contribution in [0.25, 0.3) is 17.5 Å². The van der Waals surface area contributed by atoms with Crippen LogP contribution in [0.1, 0.15) is 19.4 Å². The Labute approximate surface area is 177 Å². The molecular formula is C20H18N4O6S. The minimum Gasteiger partial charge on any atom is -0.403 e. The highest BCUT2D eigenvalue weighted by molar-refractivity contribution is 7.92. The summed E-state index contributed by atoms with van der Waals surface area (Å²) in [5.41, 5.74) is 1.05. The Hall–Kier alpha value is -3.86. The predicted octanol–water partition coefficient (Wildman–Crippen LogP) is 3.48. The Bertz CT molecular complexity index is 1230. The third-order valence-electron chi connectivity index (χ3n) is 4.24. The lowest BCUT2D eigenvalue weighted by Crippen LogP contribution is -2.13. The molecule has 0 saturated heterocycles. The second kappa shape index (κ2) is 8.88. The number of sulfone groups is 1. The maximum Gasteiger partial charge on any atom is 0.322 e. The maximum atomic E-state index is 12.2. The summed E-state index contributed by atoms with van der Waals surface area (Å²) >= 11 is 0. The second-order valence-electron chi connectivity index (χ2n) is 6.70. The van der Waals surface area contributed by atoms with E-state index in [1.807, 2.05) is 0 Å². The quantitative estimate of drug-likeness (QED) is 0.332. The Balaban J connectivity index is 1.65. The summed E-state index contributed by atoms with van der Waals surface area (Å²) in [7, 11) is -3.39. The molecule has 1 heterocycles. The standard InChI is InChI=1S/C20H18N4O6S/c1-13(2)31(28,29)17-10-6-15(7-11-17)19-22-23-20(30-19)21-18(25)12-5-14-3-8-16(9-4-14)24(26)27/h3-13H,1-2H3,(H,21,23,25). The molecule has 3 rings (SSSR count). The average Bonchev–Trinajstić information content (AvgIpc) is 3.21. The van der Waals surface area contributed by atoms with E-state index in [-0.39, 0.29) is 22.5 Å². The van der Waals surface area contributed by atoms with Crippen molar-refractivity contribution in [3.05, 3.63) is 70.3 Å². The van der Waals surface area contributed by atoms with Gasteiger partial charge in [-0.15, -0.1) is 5.10 Å². The van der Waals surface area contributed by atoms with Gasteiger partial charge in [0.05, 0.1) is 15.1 Å². The van der Waals surface area contributed by atoms with Crippen LogP contribution < -0.4 is 5.32 Å². The third kappa shape index (κ3) is 5.20. The number of carbonyl (C=O) groups excluding carboxylic acids is 1. The van der Waals surface area contributed by atoms with Gasteiger partial charge in [0.25, 0.3) is 11.6 Å². The highest BCUT2D eigenvalue weighted by Gasteiger charge is 2.19. The lowest BCUT2D eigenvalue weighted by molar-refractivity contribution is -0.384. The number of carbonyl (C=O) groups is 1. The van der Waals surface area contributed by atoms with Crippen molar-refractivity contribution >= 4 is 33.5 Å². The molecule has 31 heavy (non-hydrogen) atoms. The number of rotatable bonds is 7. The van der Waals surface area contributed by atoms with E-state index in [4.69, 9.17) is 4.42 Å². The van der Waals surface area contributed by atoms with Crippen molar-refractivity contribution < 1.29 is 22.6 Å². The van der Waals surface area contributed by atoms with Crippen LogP contribution in [-0.2, 0) is 14.6 Å². The average molecular weight is 442 g/mol. The maximum absolute atomic E-state index is 12.2. The number of non-ortho nitro benzene ring substituents is 1. The summed E-state index contributed by atoms with van der Waals surface area (Å²) in [6, 6.07) is 11.6. The molecule has 3 aromatic rings. The molecule has 0 aliphatic rings. The lowest BCUT2D eigenvalue weighted by atomic mass is 10.2. The summed E-state index contributed by atoms with van der Waals surface area (Å²) < 4.78 is 29.8. The van der Waals surface area contributed by atoms with Crippen LogP contribution >= 0.6 is 0 Å². The van der Waals surface area contributed by atoms with Gasteiger partial charge in [0.15, 0.2) is 9.84 Å². The third-order valence-corrected chi connectivity index (χ3v) is 6.41. The number of nitro groups is 1. The summed E-state index contributed by atoms with van der Waals surface area (Å²) in [5.74, 6) is -0.421. The van der Waals surface area contributed by atoms with Gasteiger partial charge in [0.2, 0.25) is 5.89 Å². The van der Waals surface area contributed by atoms with E-state index in [0.717, 1.165) is 0 Å². The molecule has 1 amide bonds. The van der Waals surface area contributed by atoms with Gasteiger partial charge in [-0.1, -0.05) is 5.10 Å². The number of nitrogens with zero attached hydrogens (tertiary/aromatic N) is 3. The molecule has 160 valence electrons. The fourth-order valence-corrected chi connectivity index (χ4v) is 3.54. The zero-order chi connectivity index (χ0) is 22.6. The van der Waals surface area contributed by atoms with E-state index in [1.165, 1.54) is 48.6 Å². The van der Waals surface area contributed by atoms with Crippen LogP contribution in [0.4, 0.5) is 11.7 Å². The van der Waals surface area contributed by atoms with Gasteiger partial charge in [0.1, 0.15) is 0 Å². The fourth-order valence-electron chi connectivity index (χ4n) is 2.48. The van der Waals surface area contributed by atoms with Crippen LogP contribution in [0.5, 0.6) is 0 Å². The molecule has 10 nitrogen and oxygen atoms in total. The number of nitrogens with one attached hydrogen (secondary N) is 1. The largest absolute Gasteiger partial charge is 0.403 e. The number of aromatic nitrogens is 2. The van der Waals surface area contributed by atoms with Crippen LogP contribution in [0, 0.1) is 10.1 Å². The number of amides is 1. The topological polar surface area (TPSA) is 145 Å². The predicted molar refractivity (Wildman–Crippen MR) is 113 cm³/mol. The van der Waals surface area contributed by atoms with Crippen molar-refractivity contribution in [3.63, 3.8) is 0 Å². The van der Waals surface area contributed by atoms with E-state index < -0.39 is 25.9 Å². The molecule has 11 heteroatoms. The number of nitro benzene ring substituents is 1. The van der Waals surface area contributed by atoms with Gasteiger partial charge >= 0.3 is 6.01 Å². The minimum absolute atomic E-state index is 0.0465. The van der Waals surface area contributed by atoms with E-state index in [2.05, 4.69) is 15.5 Å². The van der Waals surface area contributed by atoms with Gasteiger partial charge < -0.3 is 4.42 Å². The molecule has 0 aliphatic carbocycles. The van der Waals surface area contributed by atoms with Crippen molar-refractivity contribution in [1.29, 1.82) is 0 Å². The lowest BCUT2D eigenvalue weighted by Gasteiger charge is -2.07. The van der Waals surface area contributed by atoms with Gasteiger partial charge in [0, 0.05) is 23.8 Å². The molecule has 2 aromatic carbocycles. The van der Waals surface area contributed by atoms with Gasteiger partial charge in [-0.05, 0) is 61.9 Å². The molecule has 0 aliphatic heterocycles. The monoisotopic (exact) mass is 442 g/mol. The van der Waals surface area contributed by atoms with E-state index in [1.54, 1.807) is 26.0 Å². The molecule has 0 saturated carbocycles. The smallest absolute Gasteiger partial charge is 0.322 e. The first-order chi connectivity index (χ1) is 14.7. The first-order valence-electron chi connectivity index (χ1n) is 9.08. The zero-order valence-electron chi connectivity index (χ0n) is 16.6. The van der Waals surface area contributed by atoms with Gasteiger partial charge in [-0.3, -0.25) is 20.2 Å². The molecule has 0 bridgehead atoms. The molecule has 1 N–H and O–H groups in total. The Kier molecular flexibility index (Phi) is 6.25. The molecule has 0 fully saturated rings. The highest BCUT2D eigenvalue weighted by atomic mass is 32.2.